The average molecular weight is 370 g/mol. The first-order valence-electron chi connectivity index (χ1n) is 10.4. The summed E-state index contributed by atoms with van der Waals surface area (Å²) in [5, 5.41) is 0. The molecule has 4 aliphatic rings. The van der Waals surface area contributed by atoms with Crippen LogP contribution in [0.1, 0.15) is 66.2 Å². The first kappa shape index (κ1) is 18.6. The predicted octanol–water partition coefficient (Wildman–Crippen LogP) is 4.19. The highest BCUT2D eigenvalue weighted by molar-refractivity contribution is 5.98. The number of fused-ring (bicyclic) bond motifs is 5. The van der Waals surface area contributed by atoms with Gasteiger partial charge in [-0.15, -0.1) is 0 Å². The molecule has 4 aliphatic carbocycles. The number of carbonyl (C=O) groups excluding carboxylic acids is 3. The van der Waals surface area contributed by atoms with Crippen molar-refractivity contribution in [2.45, 2.75) is 72.3 Å². The molecular weight excluding hydrogens is 340 g/mol. The van der Waals surface area contributed by atoms with Gasteiger partial charge in [0, 0.05) is 30.1 Å². The molecule has 4 heteroatoms. The van der Waals surface area contributed by atoms with Crippen LogP contribution in [0.25, 0.3) is 0 Å². The number of esters is 1. The summed E-state index contributed by atoms with van der Waals surface area (Å²) in [4.78, 5) is 36.8. The van der Waals surface area contributed by atoms with Crippen molar-refractivity contribution in [2.75, 3.05) is 0 Å². The van der Waals surface area contributed by atoms with Gasteiger partial charge < -0.3 is 4.74 Å². The summed E-state index contributed by atoms with van der Waals surface area (Å²) in [7, 11) is 0. The van der Waals surface area contributed by atoms with Crippen molar-refractivity contribution in [3.63, 3.8) is 0 Å². The van der Waals surface area contributed by atoms with Crippen molar-refractivity contribution < 1.29 is 19.1 Å². The van der Waals surface area contributed by atoms with E-state index in [-0.39, 0.29) is 35.0 Å². The van der Waals surface area contributed by atoms with E-state index in [9.17, 15) is 14.4 Å². The van der Waals surface area contributed by atoms with Gasteiger partial charge in [0.05, 0.1) is 0 Å². The molecule has 2 saturated carbocycles. The van der Waals surface area contributed by atoms with Crippen LogP contribution in [-0.4, -0.2) is 23.6 Å². The Labute approximate surface area is 161 Å². The van der Waals surface area contributed by atoms with Gasteiger partial charge in [-0.25, -0.2) is 0 Å². The maximum Gasteiger partial charge on any atom is 0.302 e. The second-order valence-electron chi connectivity index (χ2n) is 9.46. The second kappa shape index (κ2) is 6.15. The highest BCUT2D eigenvalue weighted by atomic mass is 16.5. The van der Waals surface area contributed by atoms with Gasteiger partial charge in [-0.2, -0.15) is 0 Å². The van der Waals surface area contributed by atoms with Gasteiger partial charge in [0.25, 0.3) is 0 Å². The lowest BCUT2D eigenvalue weighted by Gasteiger charge is -2.53. The summed E-state index contributed by atoms with van der Waals surface area (Å²) in [6.45, 7) is 7.70. The molecule has 4 nitrogen and oxygen atoms in total. The van der Waals surface area contributed by atoms with Crippen LogP contribution in [0, 0.1) is 28.6 Å². The van der Waals surface area contributed by atoms with Crippen molar-refractivity contribution in [1.82, 2.24) is 0 Å². The van der Waals surface area contributed by atoms with Crippen LogP contribution in [0.15, 0.2) is 23.3 Å². The van der Waals surface area contributed by atoms with Crippen LogP contribution in [0.4, 0.5) is 0 Å². The lowest BCUT2D eigenvalue weighted by Crippen LogP contribution is -2.50. The fourth-order valence-electron chi connectivity index (χ4n) is 6.78. The maximum absolute atomic E-state index is 13.4. The third kappa shape index (κ3) is 2.59. The maximum atomic E-state index is 13.4. The summed E-state index contributed by atoms with van der Waals surface area (Å²) in [6.07, 6.45) is 8.83. The van der Waals surface area contributed by atoms with E-state index in [2.05, 4.69) is 13.8 Å². The van der Waals surface area contributed by atoms with E-state index in [4.69, 9.17) is 4.74 Å². The van der Waals surface area contributed by atoms with E-state index < -0.39 is 5.41 Å². The van der Waals surface area contributed by atoms with E-state index >= 15 is 0 Å². The van der Waals surface area contributed by atoms with E-state index in [1.54, 1.807) is 0 Å². The zero-order valence-corrected chi connectivity index (χ0v) is 16.8. The van der Waals surface area contributed by atoms with E-state index in [1.807, 2.05) is 19.1 Å². The van der Waals surface area contributed by atoms with Crippen molar-refractivity contribution in [3.8, 4) is 0 Å². The molecule has 27 heavy (non-hydrogen) atoms. The fraction of sp³-hybridized carbons (Fsp3) is 0.696. The number of hydrogen-bond acceptors (Lipinski definition) is 4. The van der Waals surface area contributed by atoms with Crippen LogP contribution in [0.3, 0.4) is 0 Å². The lowest BCUT2D eigenvalue weighted by molar-refractivity contribution is -0.153. The summed E-state index contributed by atoms with van der Waals surface area (Å²) >= 11 is 0. The number of ketones is 2. The SMILES string of the molecule is CC(=O)OC(C)C1CCC2C3CCC4=CC(=O)CCC4(C)C3=CC(=O)C12C. The Hall–Kier alpha value is -1.71. The van der Waals surface area contributed by atoms with E-state index in [0.29, 0.717) is 18.3 Å². The number of rotatable bonds is 2. The summed E-state index contributed by atoms with van der Waals surface area (Å²) in [5.74, 6) is 0.932. The van der Waals surface area contributed by atoms with E-state index in [1.165, 1.54) is 18.1 Å². The lowest BCUT2D eigenvalue weighted by atomic mass is 9.50. The smallest absolute Gasteiger partial charge is 0.302 e. The molecule has 0 aliphatic heterocycles. The van der Waals surface area contributed by atoms with Crippen LogP contribution < -0.4 is 0 Å². The Morgan fingerprint density at radius 1 is 1.15 bits per heavy atom. The highest BCUT2D eigenvalue weighted by Gasteiger charge is 2.60. The molecule has 0 N–H and O–H groups in total. The van der Waals surface area contributed by atoms with Gasteiger partial charge in [0.15, 0.2) is 11.6 Å². The van der Waals surface area contributed by atoms with Crippen molar-refractivity contribution >= 4 is 17.5 Å². The van der Waals surface area contributed by atoms with Crippen LogP contribution in [-0.2, 0) is 19.1 Å². The third-order valence-corrected chi connectivity index (χ3v) is 8.23. The molecule has 4 rings (SSSR count). The molecular formula is C23H30O4. The van der Waals surface area contributed by atoms with Crippen LogP contribution >= 0.6 is 0 Å². The number of allylic oxidation sites excluding steroid dienone is 4. The monoisotopic (exact) mass is 370 g/mol. The minimum absolute atomic E-state index is 0.0781. The molecule has 6 atom stereocenters. The average Bonchev–Trinajstić information content (AvgIpc) is 2.95. The van der Waals surface area contributed by atoms with Crippen LogP contribution in [0.2, 0.25) is 0 Å². The Balaban J connectivity index is 1.72. The predicted molar refractivity (Wildman–Crippen MR) is 102 cm³/mol. The quantitative estimate of drug-likeness (QED) is 0.684. The molecule has 0 radical (unpaired) electrons. The van der Waals surface area contributed by atoms with Crippen molar-refractivity contribution in [3.05, 3.63) is 23.3 Å². The largest absolute Gasteiger partial charge is 0.463 e. The molecule has 0 spiro atoms. The number of ether oxygens (including phenoxy) is 1. The van der Waals surface area contributed by atoms with Crippen molar-refractivity contribution in [1.29, 1.82) is 0 Å². The fourth-order valence-corrected chi connectivity index (χ4v) is 6.78. The molecule has 0 aromatic rings. The third-order valence-electron chi connectivity index (χ3n) is 8.23. The second-order valence-corrected chi connectivity index (χ2v) is 9.46. The van der Waals surface area contributed by atoms with Crippen LogP contribution in [0.5, 0.6) is 0 Å². The van der Waals surface area contributed by atoms with Gasteiger partial charge >= 0.3 is 5.97 Å². The number of hydrogen-bond donors (Lipinski definition) is 0. The molecule has 0 bridgehead atoms. The summed E-state index contributed by atoms with van der Waals surface area (Å²) < 4.78 is 5.49. The molecule has 6 unspecified atom stereocenters. The molecule has 0 amide bonds. The Kier molecular flexibility index (Phi) is 4.25. The number of carbonyl (C=O) groups is 3. The minimum Gasteiger partial charge on any atom is -0.463 e. The molecule has 0 heterocycles. The Bertz CT molecular complexity index is 775. The summed E-state index contributed by atoms with van der Waals surface area (Å²) in [6, 6.07) is 0. The van der Waals surface area contributed by atoms with Gasteiger partial charge in [-0.05, 0) is 63.0 Å². The molecule has 0 aromatic heterocycles. The highest BCUT2D eigenvalue weighted by Crippen LogP contribution is 2.64. The molecule has 146 valence electrons. The molecule has 2 fully saturated rings. The van der Waals surface area contributed by atoms with Crippen molar-refractivity contribution in [2.24, 2.45) is 28.6 Å². The summed E-state index contributed by atoms with van der Waals surface area (Å²) in [5.41, 5.74) is 1.90. The normalized spacial score (nSPS) is 41.7. The first-order valence-corrected chi connectivity index (χ1v) is 10.4. The zero-order chi connectivity index (χ0) is 19.6. The molecule has 0 aromatic carbocycles. The van der Waals surface area contributed by atoms with Gasteiger partial charge in [-0.3, -0.25) is 14.4 Å². The Morgan fingerprint density at radius 2 is 1.89 bits per heavy atom. The Morgan fingerprint density at radius 3 is 2.59 bits per heavy atom. The standard InChI is InChI=1S/C23H30O4/c1-13(27-14(2)24)18-7-8-19-17-6-5-15-11-16(25)9-10-22(15,3)20(17)12-21(26)23(18,19)4/h11-13,17-19H,5-10H2,1-4H3. The first-order chi connectivity index (χ1) is 12.7. The minimum atomic E-state index is -0.453. The van der Waals surface area contributed by atoms with Gasteiger partial charge in [-0.1, -0.05) is 25.0 Å². The van der Waals surface area contributed by atoms with Gasteiger partial charge in [0.2, 0.25) is 0 Å². The van der Waals surface area contributed by atoms with E-state index in [0.717, 1.165) is 32.1 Å². The topological polar surface area (TPSA) is 60.4 Å². The van der Waals surface area contributed by atoms with Gasteiger partial charge in [0.1, 0.15) is 6.10 Å². The molecule has 0 saturated heterocycles. The zero-order valence-electron chi connectivity index (χ0n) is 16.8.